The van der Waals surface area contributed by atoms with Crippen molar-refractivity contribution >= 4 is 15.7 Å². The van der Waals surface area contributed by atoms with E-state index >= 15 is 0 Å². The lowest BCUT2D eigenvalue weighted by Gasteiger charge is -2.59. The van der Waals surface area contributed by atoms with E-state index in [0.717, 1.165) is 41.9 Å². The molecule has 0 saturated heterocycles. The molecule has 1 unspecified atom stereocenters. The lowest BCUT2D eigenvalue weighted by Crippen LogP contribution is -2.52. The van der Waals surface area contributed by atoms with E-state index in [1.54, 1.807) is 12.1 Å². The van der Waals surface area contributed by atoms with Gasteiger partial charge in [-0.25, -0.2) is 4.83 Å². The van der Waals surface area contributed by atoms with E-state index in [2.05, 4.69) is 23.8 Å². The Morgan fingerprint density at radius 1 is 0.935 bits per heavy atom. The SMILES string of the molecule is Cc1ccc(S(=O)(=O)N/N=C2\CC[C@H]3[C@@H]4CCC5CCCC[C@]5(C)[C@H]4CC[C@]23C)cc1. The van der Waals surface area contributed by atoms with Crippen molar-refractivity contribution < 1.29 is 8.42 Å². The molecule has 0 amide bonds. The van der Waals surface area contributed by atoms with E-state index < -0.39 is 10.0 Å². The van der Waals surface area contributed by atoms with Crippen molar-refractivity contribution in [2.24, 2.45) is 39.6 Å². The molecule has 4 aliphatic carbocycles. The minimum atomic E-state index is -3.62. The summed E-state index contributed by atoms with van der Waals surface area (Å²) in [5.41, 5.74) is 2.72. The van der Waals surface area contributed by atoms with Crippen LogP contribution in [0.1, 0.15) is 83.6 Å². The molecule has 0 aromatic heterocycles. The summed E-state index contributed by atoms with van der Waals surface area (Å²) in [7, 11) is -3.62. The molecule has 170 valence electrons. The van der Waals surface area contributed by atoms with E-state index in [1.165, 1.54) is 51.4 Å². The van der Waals surface area contributed by atoms with Crippen LogP contribution in [0.4, 0.5) is 0 Å². The van der Waals surface area contributed by atoms with Crippen molar-refractivity contribution in [3.8, 4) is 0 Å². The van der Waals surface area contributed by atoms with E-state index in [1.807, 2.05) is 19.1 Å². The Bertz CT molecular complexity index is 970. The van der Waals surface area contributed by atoms with Gasteiger partial charge in [-0.2, -0.15) is 13.5 Å². The molecule has 1 N–H and O–H groups in total. The number of aryl methyl sites for hydroxylation is 1. The largest absolute Gasteiger partial charge is 0.276 e. The van der Waals surface area contributed by atoms with Gasteiger partial charge in [0.1, 0.15) is 0 Å². The first-order valence-corrected chi connectivity index (χ1v) is 13.9. The predicted molar refractivity (Wildman–Crippen MR) is 125 cm³/mol. The fourth-order valence-electron chi connectivity index (χ4n) is 8.15. The third-order valence-electron chi connectivity index (χ3n) is 9.96. The van der Waals surface area contributed by atoms with Crippen LogP contribution in [0.25, 0.3) is 0 Å². The van der Waals surface area contributed by atoms with Gasteiger partial charge < -0.3 is 0 Å². The van der Waals surface area contributed by atoms with Crippen LogP contribution in [0.2, 0.25) is 0 Å². The summed E-state index contributed by atoms with van der Waals surface area (Å²) in [6.07, 6.45) is 13.0. The monoisotopic (exact) mass is 442 g/mol. The third kappa shape index (κ3) is 3.46. The zero-order valence-electron chi connectivity index (χ0n) is 19.4. The molecule has 4 aliphatic rings. The normalized spacial score (nSPS) is 41.3. The number of benzene rings is 1. The van der Waals surface area contributed by atoms with E-state index in [0.29, 0.717) is 11.3 Å². The molecular formula is C26H38N2O2S. The Morgan fingerprint density at radius 2 is 1.71 bits per heavy atom. The van der Waals surface area contributed by atoms with Crippen molar-refractivity contribution in [2.75, 3.05) is 0 Å². The minimum Gasteiger partial charge on any atom is -0.200 e. The number of nitrogens with one attached hydrogen (secondary N) is 1. The predicted octanol–water partition coefficient (Wildman–Crippen LogP) is 6.06. The molecule has 6 atom stereocenters. The molecule has 0 heterocycles. The Morgan fingerprint density at radius 3 is 2.48 bits per heavy atom. The second-order valence-electron chi connectivity index (χ2n) is 11.4. The van der Waals surface area contributed by atoms with Gasteiger partial charge in [0.15, 0.2) is 0 Å². The van der Waals surface area contributed by atoms with Gasteiger partial charge in [0.05, 0.1) is 4.90 Å². The average Bonchev–Trinajstić information content (AvgIpc) is 3.08. The van der Waals surface area contributed by atoms with Crippen molar-refractivity contribution in [1.82, 2.24) is 4.83 Å². The minimum absolute atomic E-state index is 0.0504. The number of sulfonamides is 1. The molecule has 5 rings (SSSR count). The molecule has 1 aromatic rings. The van der Waals surface area contributed by atoms with Crippen molar-refractivity contribution in [1.29, 1.82) is 0 Å². The zero-order valence-corrected chi connectivity index (χ0v) is 20.2. The maximum absolute atomic E-state index is 12.8. The van der Waals surface area contributed by atoms with Crippen molar-refractivity contribution in [2.45, 2.75) is 89.9 Å². The van der Waals surface area contributed by atoms with Crippen LogP contribution in [0.3, 0.4) is 0 Å². The topological polar surface area (TPSA) is 58.5 Å². The number of fused-ring (bicyclic) bond motifs is 5. The summed E-state index contributed by atoms with van der Waals surface area (Å²) in [5.74, 6) is 3.24. The first kappa shape index (κ1) is 21.5. The summed E-state index contributed by atoms with van der Waals surface area (Å²) in [6, 6.07) is 6.98. The fraction of sp³-hybridized carbons (Fsp3) is 0.731. The Labute approximate surface area is 188 Å². The quantitative estimate of drug-likeness (QED) is 0.578. The van der Waals surface area contributed by atoms with Crippen molar-refractivity contribution in [3.63, 3.8) is 0 Å². The smallest absolute Gasteiger partial charge is 0.200 e. The highest BCUT2D eigenvalue weighted by Crippen LogP contribution is 2.65. The molecule has 4 saturated carbocycles. The van der Waals surface area contributed by atoms with Crippen LogP contribution in [0.5, 0.6) is 0 Å². The van der Waals surface area contributed by atoms with Gasteiger partial charge in [0, 0.05) is 11.1 Å². The molecule has 4 nitrogen and oxygen atoms in total. The maximum atomic E-state index is 12.8. The molecule has 1 aromatic carbocycles. The highest BCUT2D eigenvalue weighted by atomic mass is 32.2. The van der Waals surface area contributed by atoms with Crippen molar-refractivity contribution in [3.05, 3.63) is 29.8 Å². The van der Waals surface area contributed by atoms with E-state index in [-0.39, 0.29) is 10.3 Å². The summed E-state index contributed by atoms with van der Waals surface area (Å²) in [6.45, 7) is 6.94. The second kappa shape index (κ2) is 7.60. The van der Waals surface area contributed by atoms with Crippen LogP contribution < -0.4 is 4.83 Å². The van der Waals surface area contributed by atoms with Crippen LogP contribution in [0, 0.1) is 41.4 Å². The number of rotatable bonds is 3. The molecular weight excluding hydrogens is 404 g/mol. The van der Waals surface area contributed by atoms with Crippen LogP contribution in [0.15, 0.2) is 34.3 Å². The standard InChI is InChI=1S/C26H38N2O2S/c1-18-7-10-20(11-8-18)31(29,30)28-27-24-14-13-22-21-12-9-19-6-4-5-16-25(19,2)23(21)15-17-26(22,24)3/h7-8,10-11,19,21-23,28H,4-6,9,12-17H2,1-3H3/b27-24+/t19?,21-,22-,23-,25-,26-/m0/s1. The average molecular weight is 443 g/mol. The highest BCUT2D eigenvalue weighted by molar-refractivity contribution is 7.89. The van der Waals surface area contributed by atoms with Gasteiger partial charge in [-0.05, 0) is 99.5 Å². The number of hydrazone groups is 1. The molecule has 0 aliphatic heterocycles. The van der Waals surface area contributed by atoms with Gasteiger partial charge in [0.25, 0.3) is 10.0 Å². The lowest BCUT2D eigenvalue weighted by atomic mass is 9.45. The van der Waals surface area contributed by atoms with Gasteiger partial charge in [-0.1, -0.05) is 44.4 Å². The maximum Gasteiger partial charge on any atom is 0.276 e. The van der Waals surface area contributed by atoms with Gasteiger partial charge in [-0.3, -0.25) is 0 Å². The highest BCUT2D eigenvalue weighted by Gasteiger charge is 2.59. The van der Waals surface area contributed by atoms with Crippen LogP contribution >= 0.6 is 0 Å². The zero-order chi connectivity index (χ0) is 21.9. The number of hydrogen-bond acceptors (Lipinski definition) is 3. The van der Waals surface area contributed by atoms with Crippen LogP contribution in [-0.4, -0.2) is 14.1 Å². The Balaban J connectivity index is 1.36. The first-order valence-electron chi connectivity index (χ1n) is 12.4. The summed E-state index contributed by atoms with van der Waals surface area (Å²) in [4.78, 5) is 2.87. The molecule has 5 heteroatoms. The Hall–Kier alpha value is -1.36. The molecule has 0 spiro atoms. The van der Waals surface area contributed by atoms with Crippen LogP contribution in [-0.2, 0) is 10.0 Å². The lowest BCUT2D eigenvalue weighted by molar-refractivity contribution is -0.0936. The van der Waals surface area contributed by atoms with Gasteiger partial charge >= 0.3 is 0 Å². The summed E-state index contributed by atoms with van der Waals surface area (Å²) >= 11 is 0. The number of hydrogen-bond donors (Lipinski definition) is 1. The molecule has 4 fully saturated rings. The summed E-state index contributed by atoms with van der Waals surface area (Å²) < 4.78 is 25.5. The fourth-order valence-corrected chi connectivity index (χ4v) is 8.98. The van der Waals surface area contributed by atoms with Gasteiger partial charge in [-0.15, -0.1) is 0 Å². The second-order valence-corrected chi connectivity index (χ2v) is 13.0. The first-order chi connectivity index (χ1) is 14.7. The molecule has 0 bridgehead atoms. The van der Waals surface area contributed by atoms with Gasteiger partial charge in [0.2, 0.25) is 0 Å². The summed E-state index contributed by atoms with van der Waals surface area (Å²) in [5, 5.41) is 4.56. The molecule has 0 radical (unpaired) electrons. The third-order valence-corrected chi connectivity index (χ3v) is 11.2. The van der Waals surface area contributed by atoms with E-state index in [9.17, 15) is 8.42 Å². The molecule has 31 heavy (non-hydrogen) atoms. The Kier molecular flexibility index (Phi) is 5.27. The van der Waals surface area contributed by atoms with E-state index in [4.69, 9.17) is 0 Å². The number of nitrogens with zero attached hydrogens (tertiary/aromatic N) is 1.